The van der Waals surface area contributed by atoms with Crippen LogP contribution in [-0.2, 0) is 17.8 Å². The average molecular weight is 375 g/mol. The molecule has 0 radical (unpaired) electrons. The van der Waals surface area contributed by atoms with Crippen molar-refractivity contribution >= 4 is 22.9 Å². The Balaban J connectivity index is 1.55. The normalized spacial score (nSPS) is 14.8. The van der Waals surface area contributed by atoms with Crippen molar-refractivity contribution in [2.24, 2.45) is 0 Å². The lowest BCUT2D eigenvalue weighted by Gasteiger charge is -2.25. The first kappa shape index (κ1) is 18.7. The van der Waals surface area contributed by atoms with Gasteiger partial charge in [0.15, 0.2) is 11.5 Å². The lowest BCUT2D eigenvalue weighted by molar-refractivity contribution is -0.115. The van der Waals surface area contributed by atoms with Crippen LogP contribution < -0.4 is 14.8 Å². The highest BCUT2D eigenvalue weighted by molar-refractivity contribution is 7.09. The number of likely N-dealkylation sites (tertiary alicyclic amines) is 1. The van der Waals surface area contributed by atoms with E-state index in [0.29, 0.717) is 17.2 Å². The maximum Gasteiger partial charge on any atom is 0.230 e. The second-order valence-electron chi connectivity index (χ2n) is 6.36. The molecule has 7 heteroatoms. The molecule has 3 rings (SSSR count). The van der Waals surface area contributed by atoms with Crippen LogP contribution in [0.5, 0.6) is 11.5 Å². The van der Waals surface area contributed by atoms with Gasteiger partial charge in [0.2, 0.25) is 5.91 Å². The summed E-state index contributed by atoms with van der Waals surface area (Å²) in [5, 5.41) is 5.95. The van der Waals surface area contributed by atoms with Crippen LogP contribution in [0, 0.1) is 0 Å². The van der Waals surface area contributed by atoms with E-state index >= 15 is 0 Å². The average Bonchev–Trinajstić information content (AvgIpc) is 3.09. The van der Waals surface area contributed by atoms with Crippen LogP contribution in [0.3, 0.4) is 0 Å². The van der Waals surface area contributed by atoms with E-state index in [0.717, 1.165) is 30.3 Å². The number of nitrogens with one attached hydrogen (secondary N) is 1. The van der Waals surface area contributed by atoms with Crippen LogP contribution in [-0.4, -0.2) is 43.1 Å². The highest BCUT2D eigenvalue weighted by Crippen LogP contribution is 2.29. The molecular formula is C19H25N3O3S. The van der Waals surface area contributed by atoms with Gasteiger partial charge in [0.05, 0.1) is 32.9 Å². The van der Waals surface area contributed by atoms with Crippen molar-refractivity contribution in [2.75, 3.05) is 32.6 Å². The molecule has 1 fully saturated rings. The van der Waals surface area contributed by atoms with Crippen molar-refractivity contribution in [3.63, 3.8) is 0 Å². The molecule has 1 amide bonds. The first-order chi connectivity index (χ1) is 12.7. The summed E-state index contributed by atoms with van der Waals surface area (Å²) >= 11 is 1.63. The third kappa shape index (κ3) is 4.95. The Bertz CT molecular complexity index is 741. The molecule has 1 aromatic carbocycles. The molecule has 0 atom stereocenters. The summed E-state index contributed by atoms with van der Waals surface area (Å²) in [6.45, 7) is 3.19. The lowest BCUT2D eigenvalue weighted by atomic mass is 10.1. The number of methoxy groups -OCH3 is 2. The Morgan fingerprint density at radius 3 is 2.69 bits per heavy atom. The van der Waals surface area contributed by atoms with E-state index in [1.165, 1.54) is 19.3 Å². The molecule has 140 valence electrons. The van der Waals surface area contributed by atoms with Gasteiger partial charge in [0, 0.05) is 17.1 Å². The van der Waals surface area contributed by atoms with Crippen LogP contribution in [0.4, 0.5) is 5.69 Å². The van der Waals surface area contributed by atoms with Crippen LogP contribution in [0.25, 0.3) is 0 Å². The van der Waals surface area contributed by atoms with Crippen molar-refractivity contribution in [1.82, 2.24) is 9.88 Å². The van der Waals surface area contributed by atoms with Crippen LogP contribution in [0.2, 0.25) is 0 Å². The highest BCUT2D eigenvalue weighted by Gasteiger charge is 2.14. The molecule has 1 aromatic heterocycles. The van der Waals surface area contributed by atoms with E-state index in [9.17, 15) is 4.79 Å². The maximum atomic E-state index is 12.3. The van der Waals surface area contributed by atoms with Gasteiger partial charge in [-0.3, -0.25) is 9.69 Å². The number of piperidine rings is 1. The molecule has 2 heterocycles. The number of hydrogen-bond donors (Lipinski definition) is 1. The van der Waals surface area contributed by atoms with E-state index in [1.54, 1.807) is 43.8 Å². The number of ether oxygens (including phenoxy) is 2. The SMILES string of the molecule is COc1ccc(NC(=O)Cc2csc(CN3CCCCC3)n2)cc1OC. The smallest absolute Gasteiger partial charge is 0.230 e. The predicted octanol–water partition coefficient (Wildman–Crippen LogP) is 3.33. The van der Waals surface area contributed by atoms with E-state index in [4.69, 9.17) is 9.47 Å². The molecule has 1 aliphatic rings. The van der Waals surface area contributed by atoms with Crippen molar-refractivity contribution in [2.45, 2.75) is 32.2 Å². The van der Waals surface area contributed by atoms with Gasteiger partial charge in [-0.2, -0.15) is 0 Å². The Morgan fingerprint density at radius 1 is 1.19 bits per heavy atom. The third-order valence-corrected chi connectivity index (χ3v) is 5.30. The predicted molar refractivity (Wildman–Crippen MR) is 103 cm³/mol. The first-order valence-electron chi connectivity index (χ1n) is 8.85. The van der Waals surface area contributed by atoms with Gasteiger partial charge in [-0.05, 0) is 38.1 Å². The number of aromatic nitrogens is 1. The number of carbonyl (C=O) groups is 1. The number of thiazole rings is 1. The quantitative estimate of drug-likeness (QED) is 0.804. The van der Waals surface area contributed by atoms with Gasteiger partial charge in [0.25, 0.3) is 0 Å². The summed E-state index contributed by atoms with van der Waals surface area (Å²) < 4.78 is 10.5. The molecule has 0 spiro atoms. The molecule has 0 saturated carbocycles. The third-order valence-electron chi connectivity index (χ3n) is 4.42. The Hall–Kier alpha value is -2.12. The topological polar surface area (TPSA) is 63.7 Å². The zero-order valence-corrected chi connectivity index (χ0v) is 16.1. The van der Waals surface area contributed by atoms with Crippen molar-refractivity contribution in [3.05, 3.63) is 34.3 Å². The summed E-state index contributed by atoms with van der Waals surface area (Å²) in [5.74, 6) is 1.13. The monoisotopic (exact) mass is 375 g/mol. The fourth-order valence-corrected chi connectivity index (χ4v) is 3.93. The number of hydrogen-bond acceptors (Lipinski definition) is 6. The number of carbonyl (C=O) groups excluding carboxylic acids is 1. The summed E-state index contributed by atoms with van der Waals surface area (Å²) in [4.78, 5) is 19.4. The molecule has 1 aliphatic heterocycles. The lowest BCUT2D eigenvalue weighted by Crippen LogP contribution is -2.29. The van der Waals surface area contributed by atoms with Gasteiger partial charge < -0.3 is 14.8 Å². The molecule has 2 aromatic rings. The molecule has 6 nitrogen and oxygen atoms in total. The van der Waals surface area contributed by atoms with Crippen LogP contribution in [0.15, 0.2) is 23.6 Å². The zero-order valence-electron chi connectivity index (χ0n) is 15.3. The summed E-state index contributed by atoms with van der Waals surface area (Å²) in [6, 6.07) is 5.32. The molecule has 0 bridgehead atoms. The van der Waals surface area contributed by atoms with E-state index in [2.05, 4.69) is 15.2 Å². The molecule has 26 heavy (non-hydrogen) atoms. The molecule has 0 aliphatic carbocycles. The van der Waals surface area contributed by atoms with Crippen molar-refractivity contribution in [3.8, 4) is 11.5 Å². The largest absolute Gasteiger partial charge is 0.493 e. The fourth-order valence-electron chi connectivity index (χ4n) is 3.10. The van der Waals surface area contributed by atoms with Gasteiger partial charge in [-0.15, -0.1) is 11.3 Å². The zero-order chi connectivity index (χ0) is 18.4. The summed E-state index contributed by atoms with van der Waals surface area (Å²) in [6.07, 6.45) is 4.14. The maximum absolute atomic E-state index is 12.3. The second kappa shape index (κ2) is 9.00. The summed E-state index contributed by atoms with van der Waals surface area (Å²) in [7, 11) is 3.16. The molecule has 1 saturated heterocycles. The Kier molecular flexibility index (Phi) is 6.46. The van der Waals surface area contributed by atoms with Crippen LogP contribution >= 0.6 is 11.3 Å². The second-order valence-corrected chi connectivity index (χ2v) is 7.31. The van der Waals surface area contributed by atoms with E-state index in [-0.39, 0.29) is 12.3 Å². The number of nitrogens with zero attached hydrogens (tertiary/aromatic N) is 2. The minimum Gasteiger partial charge on any atom is -0.493 e. The van der Waals surface area contributed by atoms with Gasteiger partial charge >= 0.3 is 0 Å². The van der Waals surface area contributed by atoms with Crippen LogP contribution in [0.1, 0.15) is 30.0 Å². The summed E-state index contributed by atoms with van der Waals surface area (Å²) in [5.41, 5.74) is 1.50. The highest BCUT2D eigenvalue weighted by atomic mass is 32.1. The van der Waals surface area contributed by atoms with Gasteiger partial charge in [0.1, 0.15) is 5.01 Å². The molecule has 0 unspecified atom stereocenters. The Labute approximate surface area is 158 Å². The van der Waals surface area contributed by atoms with E-state index in [1.807, 2.05) is 5.38 Å². The van der Waals surface area contributed by atoms with Gasteiger partial charge in [-0.1, -0.05) is 6.42 Å². The van der Waals surface area contributed by atoms with E-state index < -0.39 is 0 Å². The number of amides is 1. The molecular weight excluding hydrogens is 350 g/mol. The van der Waals surface area contributed by atoms with Gasteiger partial charge in [-0.25, -0.2) is 4.98 Å². The molecule has 1 N–H and O–H groups in total. The minimum atomic E-state index is -0.0907. The number of benzene rings is 1. The number of anilines is 1. The minimum absolute atomic E-state index is 0.0907. The fraction of sp³-hybridized carbons (Fsp3) is 0.474. The van der Waals surface area contributed by atoms with Crippen molar-refractivity contribution < 1.29 is 14.3 Å². The standard InChI is InChI=1S/C19H25N3O3S/c1-24-16-7-6-14(10-17(16)25-2)20-18(23)11-15-13-26-19(21-15)12-22-8-4-3-5-9-22/h6-7,10,13H,3-5,8-9,11-12H2,1-2H3,(H,20,23). The van der Waals surface area contributed by atoms with Crippen molar-refractivity contribution in [1.29, 1.82) is 0 Å². The number of rotatable bonds is 7. The Morgan fingerprint density at radius 2 is 1.96 bits per heavy atom. The first-order valence-corrected chi connectivity index (χ1v) is 9.73.